The van der Waals surface area contributed by atoms with E-state index < -0.39 is 8.32 Å². The highest BCUT2D eigenvalue weighted by atomic mass is 28.4. The second-order valence-corrected chi connectivity index (χ2v) is 11.7. The van der Waals surface area contributed by atoms with Gasteiger partial charge in [0, 0.05) is 19.0 Å². The van der Waals surface area contributed by atoms with E-state index in [1.54, 1.807) is 0 Å². The molecule has 0 aromatic carbocycles. The maximum absolute atomic E-state index is 11.6. The Hall–Kier alpha value is -0.353. The number of carbonyl (C=O) groups is 1. The molecule has 0 radical (unpaired) electrons. The van der Waals surface area contributed by atoms with Gasteiger partial charge in [-0.1, -0.05) is 20.8 Å². The molecule has 3 nitrogen and oxygen atoms in total. The zero-order chi connectivity index (χ0) is 12.8. The fourth-order valence-corrected chi connectivity index (χ4v) is 3.92. The summed E-state index contributed by atoms with van der Waals surface area (Å²) in [7, 11) is -1.68. The van der Waals surface area contributed by atoms with Gasteiger partial charge in [0.1, 0.15) is 0 Å². The zero-order valence-corrected chi connectivity index (χ0v) is 12.7. The molecule has 2 fully saturated rings. The Morgan fingerprint density at radius 3 is 2.53 bits per heavy atom. The number of nitrogens with zero attached hydrogens (tertiary/aromatic N) is 1. The van der Waals surface area contributed by atoms with E-state index in [1.807, 2.05) is 4.90 Å². The molecule has 0 saturated carbocycles. The van der Waals surface area contributed by atoms with Crippen LogP contribution in [0.2, 0.25) is 18.1 Å². The zero-order valence-electron chi connectivity index (χ0n) is 11.7. The summed E-state index contributed by atoms with van der Waals surface area (Å²) in [5.74, 6) is 0.330. The molecule has 0 N–H and O–H groups in total. The van der Waals surface area contributed by atoms with Gasteiger partial charge in [0.25, 0.3) is 0 Å². The Kier molecular flexibility index (Phi) is 3.15. The highest BCUT2D eigenvalue weighted by Gasteiger charge is 2.45. The van der Waals surface area contributed by atoms with Crippen LogP contribution in [0.4, 0.5) is 0 Å². The summed E-state index contributed by atoms with van der Waals surface area (Å²) in [4.78, 5) is 13.7. The van der Waals surface area contributed by atoms with Gasteiger partial charge in [-0.15, -0.1) is 0 Å². The Morgan fingerprint density at radius 1 is 1.35 bits per heavy atom. The maximum Gasteiger partial charge on any atom is 0.222 e. The van der Waals surface area contributed by atoms with Crippen LogP contribution in [0.1, 0.15) is 40.0 Å². The molecule has 2 aliphatic heterocycles. The van der Waals surface area contributed by atoms with E-state index in [9.17, 15) is 4.79 Å². The minimum Gasteiger partial charge on any atom is -0.412 e. The summed E-state index contributed by atoms with van der Waals surface area (Å²) in [6, 6.07) is 0.470. The van der Waals surface area contributed by atoms with Gasteiger partial charge < -0.3 is 9.33 Å². The Bertz CT molecular complexity index is 322. The van der Waals surface area contributed by atoms with Gasteiger partial charge in [0.2, 0.25) is 5.91 Å². The second kappa shape index (κ2) is 4.09. The van der Waals surface area contributed by atoms with Crippen molar-refractivity contribution in [2.45, 2.75) is 70.3 Å². The number of carbonyl (C=O) groups excluding carboxylic acids is 1. The van der Waals surface area contributed by atoms with E-state index in [0.717, 1.165) is 25.8 Å². The lowest BCUT2D eigenvalue weighted by Crippen LogP contribution is -2.44. The van der Waals surface area contributed by atoms with Crippen LogP contribution in [-0.2, 0) is 9.22 Å². The smallest absolute Gasteiger partial charge is 0.222 e. The van der Waals surface area contributed by atoms with Crippen LogP contribution in [-0.4, -0.2) is 37.8 Å². The highest BCUT2D eigenvalue weighted by molar-refractivity contribution is 6.74. The van der Waals surface area contributed by atoms with Gasteiger partial charge in [-0.3, -0.25) is 4.79 Å². The van der Waals surface area contributed by atoms with Gasteiger partial charge in [-0.2, -0.15) is 0 Å². The topological polar surface area (TPSA) is 29.5 Å². The van der Waals surface area contributed by atoms with Crippen molar-refractivity contribution in [3.05, 3.63) is 0 Å². The van der Waals surface area contributed by atoms with Crippen LogP contribution in [0.5, 0.6) is 0 Å². The first-order chi connectivity index (χ1) is 7.71. The first-order valence-electron chi connectivity index (χ1n) is 6.68. The van der Waals surface area contributed by atoms with Crippen LogP contribution in [0.3, 0.4) is 0 Å². The molecular formula is C13H25NO2Si. The molecule has 4 heteroatoms. The van der Waals surface area contributed by atoms with Crippen LogP contribution in [0.25, 0.3) is 0 Å². The third-order valence-corrected chi connectivity index (χ3v) is 9.19. The predicted molar refractivity (Wildman–Crippen MR) is 71.4 cm³/mol. The van der Waals surface area contributed by atoms with E-state index in [1.165, 1.54) is 0 Å². The molecule has 0 bridgehead atoms. The molecule has 2 heterocycles. The summed E-state index contributed by atoms with van der Waals surface area (Å²) >= 11 is 0. The van der Waals surface area contributed by atoms with Gasteiger partial charge in [0.15, 0.2) is 8.32 Å². The Morgan fingerprint density at radius 2 is 2.00 bits per heavy atom. The summed E-state index contributed by atoms with van der Waals surface area (Å²) < 4.78 is 6.39. The fraction of sp³-hybridized carbons (Fsp3) is 0.923. The summed E-state index contributed by atoms with van der Waals surface area (Å²) in [5, 5.41) is 0.254. The molecule has 0 spiro atoms. The quantitative estimate of drug-likeness (QED) is 0.710. The van der Waals surface area contributed by atoms with Crippen molar-refractivity contribution in [1.29, 1.82) is 0 Å². The van der Waals surface area contributed by atoms with E-state index in [-0.39, 0.29) is 11.1 Å². The second-order valence-electron chi connectivity index (χ2n) is 6.97. The van der Waals surface area contributed by atoms with Crippen molar-refractivity contribution in [2.75, 3.05) is 6.54 Å². The lowest BCUT2D eigenvalue weighted by molar-refractivity contribution is -0.128. The minimum absolute atomic E-state index is 0.254. The van der Waals surface area contributed by atoms with Crippen LogP contribution in [0, 0.1) is 0 Å². The molecule has 0 aliphatic carbocycles. The molecule has 2 saturated heterocycles. The average molecular weight is 255 g/mol. The Labute approximate surface area is 106 Å². The summed E-state index contributed by atoms with van der Waals surface area (Å²) in [6.45, 7) is 12.2. The van der Waals surface area contributed by atoms with Crippen molar-refractivity contribution in [2.24, 2.45) is 0 Å². The van der Waals surface area contributed by atoms with Crippen molar-refractivity contribution < 1.29 is 9.22 Å². The summed E-state index contributed by atoms with van der Waals surface area (Å²) in [6.07, 6.45) is 3.12. The molecule has 2 rings (SSSR count). The molecule has 2 atom stereocenters. The van der Waals surface area contributed by atoms with Crippen molar-refractivity contribution in [3.8, 4) is 0 Å². The van der Waals surface area contributed by atoms with Crippen molar-refractivity contribution in [1.82, 2.24) is 4.90 Å². The average Bonchev–Trinajstić information content (AvgIpc) is 2.66. The fourth-order valence-electron chi connectivity index (χ4n) is 2.57. The molecule has 0 aromatic heterocycles. The van der Waals surface area contributed by atoms with Crippen LogP contribution < -0.4 is 0 Å². The highest BCUT2D eigenvalue weighted by Crippen LogP contribution is 2.40. The molecule has 0 unspecified atom stereocenters. The van der Waals surface area contributed by atoms with Gasteiger partial charge in [-0.05, 0) is 31.0 Å². The lowest BCUT2D eigenvalue weighted by Gasteiger charge is -2.38. The number of rotatable bonds is 2. The SMILES string of the molecule is CC(C)(C)[Si](C)(C)O[C@@H]1C[C@H]2CCC(=O)N2C1. The monoisotopic (exact) mass is 255 g/mol. The van der Waals surface area contributed by atoms with Gasteiger partial charge in [-0.25, -0.2) is 0 Å². The van der Waals surface area contributed by atoms with E-state index in [4.69, 9.17) is 4.43 Å². The molecular weight excluding hydrogens is 230 g/mol. The lowest BCUT2D eigenvalue weighted by atomic mass is 10.1. The molecule has 17 heavy (non-hydrogen) atoms. The molecule has 0 aromatic rings. The maximum atomic E-state index is 11.6. The largest absolute Gasteiger partial charge is 0.412 e. The predicted octanol–water partition coefficient (Wildman–Crippen LogP) is 2.77. The number of fused-ring (bicyclic) bond motifs is 1. The van der Waals surface area contributed by atoms with E-state index in [0.29, 0.717) is 11.9 Å². The van der Waals surface area contributed by atoms with E-state index >= 15 is 0 Å². The Balaban J connectivity index is 1.97. The van der Waals surface area contributed by atoms with Crippen molar-refractivity contribution >= 4 is 14.2 Å². The molecule has 98 valence electrons. The summed E-state index contributed by atoms with van der Waals surface area (Å²) in [5.41, 5.74) is 0. The number of amides is 1. The van der Waals surface area contributed by atoms with Crippen LogP contribution in [0.15, 0.2) is 0 Å². The number of hydrogen-bond donors (Lipinski definition) is 0. The van der Waals surface area contributed by atoms with Gasteiger partial charge in [0.05, 0.1) is 6.10 Å². The van der Waals surface area contributed by atoms with E-state index in [2.05, 4.69) is 33.9 Å². The van der Waals surface area contributed by atoms with Crippen molar-refractivity contribution in [3.63, 3.8) is 0 Å². The third kappa shape index (κ3) is 2.43. The molecule has 2 aliphatic rings. The standard InChI is InChI=1S/C13H25NO2Si/c1-13(2,3)17(4,5)16-11-8-10-6-7-12(15)14(10)9-11/h10-11H,6-9H2,1-5H3/t10-,11-/m1/s1. The van der Waals surface area contributed by atoms with Gasteiger partial charge >= 0.3 is 0 Å². The first kappa shape index (κ1) is 13.1. The normalized spacial score (nSPS) is 29.9. The number of hydrogen-bond acceptors (Lipinski definition) is 2. The molecule has 1 amide bonds. The first-order valence-corrected chi connectivity index (χ1v) is 9.59. The third-order valence-electron chi connectivity index (χ3n) is 4.66. The minimum atomic E-state index is -1.68. The van der Waals surface area contributed by atoms with Crippen LogP contribution >= 0.6 is 0 Å².